The Morgan fingerprint density at radius 2 is 2.32 bits per heavy atom. The summed E-state index contributed by atoms with van der Waals surface area (Å²) in [5, 5.41) is 6.58. The molecule has 3 rings (SSSR count). The summed E-state index contributed by atoms with van der Waals surface area (Å²) in [4.78, 5) is 22.1. The Hall–Kier alpha value is -2.44. The van der Waals surface area contributed by atoms with Crippen molar-refractivity contribution in [2.24, 2.45) is 0 Å². The van der Waals surface area contributed by atoms with Gasteiger partial charge in [0.25, 0.3) is 5.91 Å². The summed E-state index contributed by atoms with van der Waals surface area (Å²) in [7, 11) is 0. The summed E-state index contributed by atoms with van der Waals surface area (Å²) in [6.07, 6.45) is 4.99. The van der Waals surface area contributed by atoms with Gasteiger partial charge in [0.05, 0.1) is 12.2 Å². The second-order valence-electron chi connectivity index (χ2n) is 4.46. The Morgan fingerprint density at radius 1 is 1.47 bits per heavy atom. The highest BCUT2D eigenvalue weighted by molar-refractivity contribution is 5.92. The standard InChI is InChI=1S/C12H13N5O2/c1-8-4-10(16-19-8)12(18)15-9-6-17(7-9)11-5-13-2-3-14-11/h2-5,9H,6-7H2,1H3,(H,15,18). The Bertz CT molecular complexity index is 577. The molecule has 2 aromatic heterocycles. The molecule has 0 spiro atoms. The van der Waals surface area contributed by atoms with Gasteiger partial charge in [-0.15, -0.1) is 0 Å². The number of hydrogen-bond acceptors (Lipinski definition) is 6. The maximum absolute atomic E-state index is 11.8. The molecule has 1 aliphatic rings. The van der Waals surface area contributed by atoms with Crippen molar-refractivity contribution < 1.29 is 9.32 Å². The molecule has 1 N–H and O–H groups in total. The fourth-order valence-electron chi connectivity index (χ4n) is 1.94. The molecule has 3 heterocycles. The Labute approximate surface area is 109 Å². The van der Waals surface area contributed by atoms with Crippen molar-refractivity contribution in [1.82, 2.24) is 20.4 Å². The van der Waals surface area contributed by atoms with Gasteiger partial charge in [0.1, 0.15) is 11.6 Å². The number of aromatic nitrogens is 3. The largest absolute Gasteiger partial charge is 0.361 e. The van der Waals surface area contributed by atoms with Crippen molar-refractivity contribution in [1.29, 1.82) is 0 Å². The number of anilines is 1. The highest BCUT2D eigenvalue weighted by atomic mass is 16.5. The van der Waals surface area contributed by atoms with Gasteiger partial charge >= 0.3 is 0 Å². The van der Waals surface area contributed by atoms with Crippen LogP contribution in [0, 0.1) is 6.92 Å². The Kier molecular flexibility index (Phi) is 2.86. The molecule has 1 fully saturated rings. The maximum Gasteiger partial charge on any atom is 0.273 e. The van der Waals surface area contributed by atoms with E-state index in [1.54, 1.807) is 31.6 Å². The number of rotatable bonds is 3. The third-order valence-electron chi connectivity index (χ3n) is 2.95. The minimum atomic E-state index is -0.208. The fraction of sp³-hybridized carbons (Fsp3) is 0.333. The SMILES string of the molecule is Cc1cc(C(=O)NC2CN(c3cnccn3)C2)no1. The van der Waals surface area contributed by atoms with E-state index < -0.39 is 0 Å². The smallest absolute Gasteiger partial charge is 0.273 e. The number of hydrogen-bond donors (Lipinski definition) is 1. The lowest BCUT2D eigenvalue weighted by Crippen LogP contribution is -2.59. The molecule has 7 heteroatoms. The van der Waals surface area contributed by atoms with Gasteiger partial charge in [-0.2, -0.15) is 0 Å². The molecule has 0 aromatic carbocycles. The second-order valence-corrected chi connectivity index (χ2v) is 4.46. The van der Waals surface area contributed by atoms with E-state index in [2.05, 4.69) is 20.4 Å². The zero-order valence-electron chi connectivity index (χ0n) is 10.4. The van der Waals surface area contributed by atoms with E-state index >= 15 is 0 Å². The van der Waals surface area contributed by atoms with Gasteiger partial charge < -0.3 is 14.7 Å². The van der Waals surface area contributed by atoms with Crippen LogP contribution in [0.25, 0.3) is 0 Å². The van der Waals surface area contributed by atoms with Crippen LogP contribution in [0.5, 0.6) is 0 Å². The predicted octanol–water partition coefficient (Wildman–Crippen LogP) is 0.392. The maximum atomic E-state index is 11.8. The topological polar surface area (TPSA) is 84.2 Å². The first-order chi connectivity index (χ1) is 9.22. The van der Waals surface area contributed by atoms with Gasteiger partial charge in [-0.05, 0) is 6.92 Å². The molecule has 1 aliphatic heterocycles. The zero-order chi connectivity index (χ0) is 13.2. The van der Waals surface area contributed by atoms with E-state index in [1.165, 1.54) is 0 Å². The third-order valence-corrected chi connectivity index (χ3v) is 2.95. The Balaban J connectivity index is 1.53. The zero-order valence-corrected chi connectivity index (χ0v) is 10.4. The van der Waals surface area contributed by atoms with Crippen molar-refractivity contribution in [3.05, 3.63) is 36.1 Å². The van der Waals surface area contributed by atoms with Gasteiger partial charge in [0, 0.05) is 31.5 Å². The summed E-state index contributed by atoms with van der Waals surface area (Å²) < 4.78 is 4.87. The fourth-order valence-corrected chi connectivity index (χ4v) is 1.94. The van der Waals surface area contributed by atoms with Crippen molar-refractivity contribution in [3.63, 3.8) is 0 Å². The predicted molar refractivity (Wildman–Crippen MR) is 66.7 cm³/mol. The highest BCUT2D eigenvalue weighted by Crippen LogP contribution is 2.16. The van der Waals surface area contributed by atoms with Crippen LogP contribution in [0.15, 0.2) is 29.2 Å². The molecule has 19 heavy (non-hydrogen) atoms. The quantitative estimate of drug-likeness (QED) is 0.858. The molecule has 0 bridgehead atoms. The van der Waals surface area contributed by atoms with Crippen LogP contribution < -0.4 is 10.2 Å². The van der Waals surface area contributed by atoms with E-state index in [0.29, 0.717) is 11.5 Å². The molecular formula is C12H13N5O2. The number of nitrogens with one attached hydrogen (secondary N) is 1. The summed E-state index contributed by atoms with van der Waals surface area (Å²) in [6.45, 7) is 3.20. The van der Waals surface area contributed by atoms with Crippen LogP contribution in [0.1, 0.15) is 16.2 Å². The van der Waals surface area contributed by atoms with Gasteiger partial charge in [0.15, 0.2) is 5.69 Å². The van der Waals surface area contributed by atoms with Gasteiger partial charge in [-0.1, -0.05) is 5.16 Å². The van der Waals surface area contributed by atoms with Gasteiger partial charge in [0.2, 0.25) is 0 Å². The molecular weight excluding hydrogens is 246 g/mol. The average Bonchev–Trinajstić information content (AvgIpc) is 2.81. The number of amides is 1. The lowest BCUT2D eigenvalue weighted by atomic mass is 10.1. The van der Waals surface area contributed by atoms with E-state index in [1.807, 2.05) is 4.90 Å². The molecule has 0 unspecified atom stereocenters. The Morgan fingerprint density at radius 3 is 2.95 bits per heavy atom. The first-order valence-corrected chi connectivity index (χ1v) is 5.97. The van der Waals surface area contributed by atoms with Crippen LogP contribution >= 0.6 is 0 Å². The van der Waals surface area contributed by atoms with E-state index in [-0.39, 0.29) is 11.9 Å². The van der Waals surface area contributed by atoms with Crippen LogP contribution in [-0.2, 0) is 0 Å². The lowest BCUT2D eigenvalue weighted by Gasteiger charge is -2.39. The number of carbonyl (C=O) groups is 1. The molecule has 0 atom stereocenters. The number of carbonyl (C=O) groups excluding carboxylic acids is 1. The van der Waals surface area contributed by atoms with Crippen LogP contribution in [0.2, 0.25) is 0 Å². The first-order valence-electron chi connectivity index (χ1n) is 5.97. The van der Waals surface area contributed by atoms with Gasteiger partial charge in [-0.3, -0.25) is 9.78 Å². The van der Waals surface area contributed by atoms with E-state index in [4.69, 9.17) is 4.52 Å². The molecule has 7 nitrogen and oxygen atoms in total. The summed E-state index contributed by atoms with van der Waals surface area (Å²) >= 11 is 0. The van der Waals surface area contributed by atoms with E-state index in [0.717, 1.165) is 18.9 Å². The average molecular weight is 259 g/mol. The van der Waals surface area contributed by atoms with Crippen molar-refractivity contribution in [2.75, 3.05) is 18.0 Å². The summed E-state index contributed by atoms with van der Waals surface area (Å²) in [6, 6.07) is 1.72. The molecule has 0 aliphatic carbocycles. The molecule has 0 saturated carbocycles. The van der Waals surface area contributed by atoms with Crippen LogP contribution in [-0.4, -0.2) is 40.2 Å². The van der Waals surface area contributed by atoms with Crippen LogP contribution in [0.4, 0.5) is 5.82 Å². The summed E-state index contributed by atoms with van der Waals surface area (Å²) in [5.41, 5.74) is 0.315. The first kappa shape index (κ1) is 11.6. The van der Waals surface area contributed by atoms with Crippen molar-refractivity contribution >= 4 is 11.7 Å². The normalized spacial score (nSPS) is 15.1. The van der Waals surface area contributed by atoms with Crippen LogP contribution in [0.3, 0.4) is 0 Å². The molecule has 2 aromatic rings. The summed E-state index contributed by atoms with van der Waals surface area (Å²) in [5.74, 6) is 1.24. The molecule has 98 valence electrons. The van der Waals surface area contributed by atoms with Gasteiger partial charge in [-0.25, -0.2) is 4.98 Å². The molecule has 1 amide bonds. The van der Waals surface area contributed by atoms with Crippen molar-refractivity contribution in [2.45, 2.75) is 13.0 Å². The number of aryl methyl sites for hydroxylation is 1. The highest BCUT2D eigenvalue weighted by Gasteiger charge is 2.29. The molecule has 1 saturated heterocycles. The van der Waals surface area contributed by atoms with Crippen molar-refractivity contribution in [3.8, 4) is 0 Å². The minimum absolute atomic E-state index is 0.103. The number of nitrogens with zero attached hydrogens (tertiary/aromatic N) is 4. The second kappa shape index (κ2) is 4.68. The monoisotopic (exact) mass is 259 g/mol. The minimum Gasteiger partial charge on any atom is -0.361 e. The third kappa shape index (κ3) is 2.40. The molecule has 0 radical (unpaired) electrons. The lowest BCUT2D eigenvalue weighted by molar-refractivity contribution is 0.0921. The van der Waals surface area contributed by atoms with E-state index in [9.17, 15) is 4.79 Å².